The largest absolute Gasteiger partial charge is 0.506 e. The van der Waals surface area contributed by atoms with Gasteiger partial charge in [-0.25, -0.2) is 0 Å². The minimum Gasteiger partial charge on any atom is -0.506 e. The van der Waals surface area contributed by atoms with Crippen LogP contribution in [0.3, 0.4) is 0 Å². The van der Waals surface area contributed by atoms with E-state index in [2.05, 4.69) is 0 Å². The Hall–Kier alpha value is -1.10. The Balaban J connectivity index is 2.79. The van der Waals surface area contributed by atoms with Gasteiger partial charge in [-0.05, 0) is 24.5 Å². The Bertz CT molecular complexity index is 574. The van der Waals surface area contributed by atoms with E-state index in [4.69, 9.17) is 11.6 Å². The van der Waals surface area contributed by atoms with Gasteiger partial charge < -0.3 is 15.3 Å². The summed E-state index contributed by atoms with van der Waals surface area (Å²) in [6, 6.07) is 0. The van der Waals surface area contributed by atoms with Crippen molar-refractivity contribution in [2.45, 2.75) is 33.1 Å². The van der Waals surface area contributed by atoms with Crippen molar-refractivity contribution in [3.8, 4) is 5.75 Å². The lowest BCUT2D eigenvalue weighted by molar-refractivity contribution is 0.0863. The minimum absolute atomic E-state index is 0.0113. The van der Waals surface area contributed by atoms with Crippen molar-refractivity contribution in [1.29, 1.82) is 0 Å². The number of carbonyl (C=O) groups excluding carboxylic acids is 1. The van der Waals surface area contributed by atoms with Gasteiger partial charge in [0, 0.05) is 22.5 Å². The van der Waals surface area contributed by atoms with Gasteiger partial charge in [0.1, 0.15) is 5.75 Å². The highest BCUT2D eigenvalue weighted by Gasteiger charge is 2.42. The predicted octanol–water partition coefficient (Wildman–Crippen LogP) is 2.19. The normalized spacial score (nSPS) is 16.9. The smallest absolute Gasteiger partial charge is 0.169 e. The quantitative estimate of drug-likeness (QED) is 0.799. The Morgan fingerprint density at radius 1 is 1.30 bits per heavy atom. The topological polar surface area (TPSA) is 77.8 Å². The number of hydrogen-bond acceptors (Lipinski definition) is 4. The monoisotopic (exact) mass is 298 g/mol. The van der Waals surface area contributed by atoms with Gasteiger partial charge >= 0.3 is 0 Å². The van der Waals surface area contributed by atoms with Gasteiger partial charge in [-0.2, -0.15) is 0 Å². The summed E-state index contributed by atoms with van der Waals surface area (Å²) in [6.45, 7) is 4.76. The van der Waals surface area contributed by atoms with Crippen LogP contribution in [0.4, 0.5) is 0 Å². The number of ketones is 1. The van der Waals surface area contributed by atoms with Gasteiger partial charge in [0.15, 0.2) is 5.78 Å². The van der Waals surface area contributed by atoms with E-state index in [9.17, 15) is 20.1 Å². The molecule has 0 saturated carbocycles. The van der Waals surface area contributed by atoms with E-state index in [-0.39, 0.29) is 29.8 Å². The molecule has 0 saturated heterocycles. The molecule has 1 aliphatic carbocycles. The second kappa shape index (κ2) is 5.02. The number of phenols is 1. The average molecular weight is 299 g/mol. The van der Waals surface area contributed by atoms with Crippen LogP contribution >= 0.6 is 11.6 Å². The second-order valence-corrected chi connectivity index (χ2v) is 6.38. The number of aliphatic hydroxyl groups excluding tert-OH is 2. The number of hydrogen-bond donors (Lipinski definition) is 3. The molecular formula is C15H19ClO4. The number of carbonyl (C=O) groups is 1. The van der Waals surface area contributed by atoms with Crippen LogP contribution in [-0.4, -0.2) is 34.3 Å². The maximum absolute atomic E-state index is 12.5. The van der Waals surface area contributed by atoms with Crippen LogP contribution in [0.1, 0.15) is 46.8 Å². The van der Waals surface area contributed by atoms with Gasteiger partial charge in [-0.1, -0.05) is 25.4 Å². The average Bonchev–Trinajstić information content (AvgIpc) is 2.63. The highest BCUT2D eigenvalue weighted by Crippen LogP contribution is 2.48. The Labute approximate surface area is 123 Å². The fourth-order valence-electron chi connectivity index (χ4n) is 2.94. The van der Waals surface area contributed by atoms with Crippen LogP contribution in [0.5, 0.6) is 5.75 Å². The predicted molar refractivity (Wildman–Crippen MR) is 76.6 cm³/mol. The molecule has 20 heavy (non-hydrogen) atoms. The van der Waals surface area contributed by atoms with E-state index in [0.717, 1.165) is 0 Å². The molecule has 4 nitrogen and oxygen atoms in total. The number of fused-ring (bicyclic) bond motifs is 1. The zero-order chi connectivity index (χ0) is 15.2. The molecule has 0 spiro atoms. The first kappa shape index (κ1) is 15.3. The molecule has 1 aromatic rings. The number of aliphatic hydroxyl groups is 2. The first-order valence-corrected chi connectivity index (χ1v) is 6.94. The molecule has 0 aromatic heterocycles. The highest BCUT2D eigenvalue weighted by molar-refractivity contribution is 6.33. The molecule has 0 bridgehead atoms. The van der Waals surface area contributed by atoms with Gasteiger partial charge in [0.25, 0.3) is 0 Å². The van der Waals surface area contributed by atoms with Crippen molar-refractivity contribution in [2.24, 2.45) is 5.41 Å². The van der Waals surface area contributed by atoms with Crippen LogP contribution < -0.4 is 0 Å². The molecular weight excluding hydrogens is 280 g/mol. The standard InChI is InChI=1S/C15H19ClO4/c1-7-10-9(4-15(2,3)14(10)20)11(8(5-17)6-18)13(19)12(7)16/h8,17-19H,4-6H2,1-3H3. The number of halogens is 1. The third-order valence-electron chi connectivity index (χ3n) is 4.10. The van der Waals surface area contributed by atoms with Gasteiger partial charge in [0.2, 0.25) is 0 Å². The van der Waals surface area contributed by atoms with Crippen LogP contribution in [0.2, 0.25) is 5.02 Å². The molecule has 0 fully saturated rings. The van der Waals surface area contributed by atoms with E-state index in [1.54, 1.807) is 6.92 Å². The van der Waals surface area contributed by atoms with Crippen molar-refractivity contribution in [2.75, 3.05) is 13.2 Å². The maximum atomic E-state index is 12.5. The third-order valence-corrected chi connectivity index (χ3v) is 4.57. The molecule has 1 aromatic carbocycles. The lowest BCUT2D eigenvalue weighted by atomic mass is 9.87. The lowest BCUT2D eigenvalue weighted by Gasteiger charge is -2.20. The summed E-state index contributed by atoms with van der Waals surface area (Å²) < 4.78 is 0. The molecule has 1 aliphatic rings. The van der Waals surface area contributed by atoms with Crippen molar-refractivity contribution in [1.82, 2.24) is 0 Å². The van der Waals surface area contributed by atoms with Crippen molar-refractivity contribution >= 4 is 17.4 Å². The van der Waals surface area contributed by atoms with Crippen molar-refractivity contribution in [3.05, 3.63) is 27.3 Å². The fraction of sp³-hybridized carbons (Fsp3) is 0.533. The van der Waals surface area contributed by atoms with Crippen LogP contribution in [0, 0.1) is 12.3 Å². The van der Waals surface area contributed by atoms with E-state index < -0.39 is 11.3 Å². The number of aromatic hydroxyl groups is 1. The van der Waals surface area contributed by atoms with E-state index in [1.165, 1.54) is 0 Å². The Kier molecular flexibility index (Phi) is 3.84. The molecule has 2 rings (SSSR count). The van der Waals surface area contributed by atoms with Crippen LogP contribution in [-0.2, 0) is 6.42 Å². The molecule has 110 valence electrons. The summed E-state index contributed by atoms with van der Waals surface area (Å²) >= 11 is 6.12. The molecule has 0 aliphatic heterocycles. The summed E-state index contributed by atoms with van der Waals surface area (Å²) in [6.07, 6.45) is 0.471. The summed E-state index contributed by atoms with van der Waals surface area (Å²) in [5.41, 5.74) is 1.63. The van der Waals surface area contributed by atoms with Crippen molar-refractivity contribution < 1.29 is 20.1 Å². The molecule has 5 heteroatoms. The molecule has 0 radical (unpaired) electrons. The van der Waals surface area contributed by atoms with Gasteiger partial charge in [-0.15, -0.1) is 0 Å². The van der Waals surface area contributed by atoms with Crippen LogP contribution in [0.25, 0.3) is 0 Å². The number of benzene rings is 1. The van der Waals surface area contributed by atoms with Crippen LogP contribution in [0.15, 0.2) is 0 Å². The maximum Gasteiger partial charge on any atom is 0.169 e. The highest BCUT2D eigenvalue weighted by atomic mass is 35.5. The first-order valence-electron chi connectivity index (χ1n) is 6.56. The number of Topliss-reactive ketones (excluding diaryl/α,β-unsaturated/α-hetero) is 1. The zero-order valence-electron chi connectivity index (χ0n) is 11.8. The first-order chi connectivity index (χ1) is 9.26. The zero-order valence-corrected chi connectivity index (χ0v) is 12.6. The Morgan fingerprint density at radius 3 is 2.35 bits per heavy atom. The van der Waals surface area contributed by atoms with E-state index in [1.807, 2.05) is 13.8 Å². The SMILES string of the molecule is Cc1c(Cl)c(O)c(C(CO)CO)c2c1C(=O)C(C)(C)C2. The summed E-state index contributed by atoms with van der Waals surface area (Å²) in [7, 11) is 0. The molecule has 0 atom stereocenters. The van der Waals surface area contributed by atoms with Gasteiger partial charge in [-0.3, -0.25) is 4.79 Å². The van der Waals surface area contributed by atoms with E-state index >= 15 is 0 Å². The van der Waals surface area contributed by atoms with Gasteiger partial charge in [0.05, 0.1) is 18.2 Å². The lowest BCUT2D eigenvalue weighted by Crippen LogP contribution is -2.19. The molecule has 0 amide bonds. The van der Waals surface area contributed by atoms with Crippen molar-refractivity contribution in [3.63, 3.8) is 0 Å². The third kappa shape index (κ3) is 2.03. The fourth-order valence-corrected chi connectivity index (χ4v) is 3.14. The summed E-state index contributed by atoms with van der Waals surface area (Å²) in [5, 5.41) is 29.2. The summed E-state index contributed by atoms with van der Waals surface area (Å²) in [4.78, 5) is 12.5. The number of rotatable bonds is 3. The van der Waals surface area contributed by atoms with E-state index in [0.29, 0.717) is 28.7 Å². The minimum atomic E-state index is -0.636. The molecule has 3 N–H and O–H groups in total. The second-order valence-electron chi connectivity index (χ2n) is 6.01. The molecule has 0 heterocycles. The Morgan fingerprint density at radius 2 is 1.85 bits per heavy atom. The number of phenolic OH excluding ortho intramolecular Hbond substituents is 1. The molecule has 0 unspecified atom stereocenters. The summed E-state index contributed by atoms with van der Waals surface area (Å²) in [5.74, 6) is -0.784.